The van der Waals surface area contributed by atoms with E-state index in [1.54, 1.807) is 24.3 Å². The van der Waals surface area contributed by atoms with E-state index >= 15 is 0 Å². The van der Waals surface area contributed by atoms with Crippen molar-refractivity contribution in [2.45, 2.75) is 38.5 Å². The molecule has 0 spiro atoms. The first-order chi connectivity index (χ1) is 13.6. The maximum atomic E-state index is 11.9. The van der Waals surface area contributed by atoms with Crippen molar-refractivity contribution in [3.05, 3.63) is 65.2 Å². The summed E-state index contributed by atoms with van der Waals surface area (Å²) in [5, 5.41) is 2.83. The largest absolute Gasteiger partial charge is 0.333 e. The lowest BCUT2D eigenvalue weighted by molar-refractivity contribution is 0.246. The lowest BCUT2D eigenvalue weighted by Crippen LogP contribution is -2.30. The third-order valence-electron chi connectivity index (χ3n) is 4.15. The van der Waals surface area contributed by atoms with Gasteiger partial charge in [-0.05, 0) is 46.2 Å². The highest BCUT2D eigenvalue weighted by Gasteiger charge is 2.13. The van der Waals surface area contributed by atoms with Crippen LogP contribution in [0.5, 0.6) is 0 Å². The van der Waals surface area contributed by atoms with E-state index in [9.17, 15) is 13.2 Å². The van der Waals surface area contributed by atoms with Crippen molar-refractivity contribution in [2.24, 2.45) is 0 Å². The van der Waals surface area contributed by atoms with Gasteiger partial charge in [-0.1, -0.05) is 57.2 Å². The van der Waals surface area contributed by atoms with Crippen LogP contribution < -0.4 is 19.5 Å². The Balaban J connectivity index is 1.73. The van der Waals surface area contributed by atoms with Gasteiger partial charge in [0.25, 0.3) is 10.2 Å². The van der Waals surface area contributed by atoms with Crippen LogP contribution in [0.1, 0.15) is 37.5 Å². The van der Waals surface area contributed by atoms with Crippen molar-refractivity contribution in [3.63, 3.8) is 0 Å². The van der Waals surface area contributed by atoms with Crippen LogP contribution in [0.3, 0.4) is 0 Å². The number of hydrogen-bond acceptors (Lipinski definition) is 4. The van der Waals surface area contributed by atoms with E-state index in [4.69, 9.17) is 0 Å². The summed E-state index contributed by atoms with van der Waals surface area (Å²) >= 11 is 1.27. The average molecular weight is 437 g/mol. The molecule has 0 aliphatic carbocycles. The fourth-order valence-corrected chi connectivity index (χ4v) is 3.58. The Morgan fingerprint density at radius 3 is 2.10 bits per heavy atom. The molecule has 158 valence electrons. The number of rotatable bonds is 8. The zero-order valence-electron chi connectivity index (χ0n) is 17.1. The Hall–Kier alpha value is -2.23. The van der Waals surface area contributed by atoms with Crippen molar-refractivity contribution in [1.29, 1.82) is 0 Å². The second-order valence-electron chi connectivity index (χ2n) is 7.53. The molecule has 0 heterocycles. The highest BCUT2D eigenvalue weighted by Crippen LogP contribution is 2.22. The molecule has 2 amide bonds. The Bertz CT molecular complexity index is 906. The van der Waals surface area contributed by atoms with E-state index in [1.807, 2.05) is 12.1 Å². The molecular formula is C20H28N4O3S2. The van der Waals surface area contributed by atoms with Crippen LogP contribution in [0.25, 0.3) is 0 Å². The fraction of sp³-hybridized carbons (Fsp3) is 0.350. The van der Waals surface area contributed by atoms with Gasteiger partial charge in [-0.2, -0.15) is 8.42 Å². The lowest BCUT2D eigenvalue weighted by atomic mass is 9.87. The van der Waals surface area contributed by atoms with Gasteiger partial charge in [-0.15, -0.1) is 0 Å². The Labute approximate surface area is 177 Å². The molecule has 29 heavy (non-hydrogen) atoms. The molecule has 0 unspecified atom stereocenters. The normalized spacial score (nSPS) is 11.7. The minimum atomic E-state index is -3.52. The average Bonchev–Trinajstić information content (AvgIpc) is 2.67. The molecule has 2 aromatic carbocycles. The summed E-state index contributed by atoms with van der Waals surface area (Å²) < 4.78 is 30.2. The number of anilines is 1. The van der Waals surface area contributed by atoms with E-state index in [1.165, 1.54) is 24.6 Å². The molecule has 0 aromatic heterocycles. The molecule has 0 saturated heterocycles. The maximum absolute atomic E-state index is 11.9. The first kappa shape index (κ1) is 23.1. The molecule has 4 N–H and O–H groups in total. The van der Waals surface area contributed by atoms with Crippen LogP contribution in [0.4, 0.5) is 10.5 Å². The molecule has 0 fully saturated rings. The van der Waals surface area contributed by atoms with Gasteiger partial charge < -0.3 is 5.32 Å². The van der Waals surface area contributed by atoms with E-state index in [0.29, 0.717) is 18.0 Å². The van der Waals surface area contributed by atoms with Gasteiger partial charge >= 0.3 is 6.03 Å². The second-order valence-corrected chi connectivity index (χ2v) is 9.93. The van der Waals surface area contributed by atoms with Crippen LogP contribution in [0, 0.1) is 0 Å². The van der Waals surface area contributed by atoms with Crippen molar-refractivity contribution >= 4 is 33.9 Å². The van der Waals surface area contributed by atoms with E-state index < -0.39 is 10.2 Å². The topological polar surface area (TPSA) is 99.3 Å². The number of urea groups is 1. The summed E-state index contributed by atoms with van der Waals surface area (Å²) in [4.78, 5) is 11.9. The zero-order valence-corrected chi connectivity index (χ0v) is 18.7. The SMILES string of the molecule is CNS(=O)(=O)Nc1ccc(CSNC(=O)NCc2ccc(C(C)(C)C)cc2)cc1. The predicted molar refractivity (Wildman–Crippen MR) is 120 cm³/mol. The Morgan fingerprint density at radius 2 is 1.55 bits per heavy atom. The number of carbonyl (C=O) groups excluding carboxylic acids is 1. The van der Waals surface area contributed by atoms with Gasteiger partial charge in [0.15, 0.2) is 0 Å². The number of carbonyl (C=O) groups is 1. The quantitative estimate of drug-likeness (QED) is 0.476. The summed E-state index contributed by atoms with van der Waals surface area (Å²) in [5.74, 6) is 0.562. The standard InChI is InChI=1S/C20H28N4O3S2/c1-20(2,3)17-9-5-15(6-10-17)13-22-19(25)23-28-14-16-7-11-18(12-8-16)24-29(26,27)21-4/h5-12,21,24H,13-14H2,1-4H3,(H2,22,23,25). The highest BCUT2D eigenvalue weighted by atomic mass is 32.2. The molecule has 7 nitrogen and oxygen atoms in total. The van der Waals surface area contributed by atoms with Crippen molar-refractivity contribution in [2.75, 3.05) is 11.8 Å². The molecule has 0 aliphatic rings. The summed E-state index contributed by atoms with van der Waals surface area (Å²) in [6.07, 6.45) is 0. The molecule has 2 aromatic rings. The summed E-state index contributed by atoms with van der Waals surface area (Å²) in [6.45, 7) is 6.95. The second kappa shape index (κ2) is 10.00. The van der Waals surface area contributed by atoms with E-state index in [-0.39, 0.29) is 11.4 Å². The van der Waals surface area contributed by atoms with E-state index in [0.717, 1.165) is 11.1 Å². The fourth-order valence-electron chi connectivity index (χ4n) is 2.40. The minimum Gasteiger partial charge on any atom is -0.333 e. The predicted octanol–water partition coefficient (Wildman–Crippen LogP) is 3.51. The van der Waals surface area contributed by atoms with Gasteiger partial charge in [0.05, 0.1) is 0 Å². The van der Waals surface area contributed by atoms with Crippen molar-refractivity contribution < 1.29 is 13.2 Å². The zero-order chi connectivity index (χ0) is 21.5. The lowest BCUT2D eigenvalue weighted by Gasteiger charge is -2.19. The van der Waals surface area contributed by atoms with Gasteiger partial charge in [-0.3, -0.25) is 9.44 Å². The van der Waals surface area contributed by atoms with Crippen LogP contribution in [0.15, 0.2) is 48.5 Å². The monoisotopic (exact) mass is 436 g/mol. The minimum absolute atomic E-state index is 0.107. The van der Waals surface area contributed by atoms with Crippen LogP contribution in [-0.2, 0) is 27.9 Å². The smallest absolute Gasteiger partial charge is 0.325 e. The summed E-state index contributed by atoms with van der Waals surface area (Å²) in [6, 6.07) is 14.9. The summed E-state index contributed by atoms with van der Waals surface area (Å²) in [7, 11) is -2.18. The molecule has 0 aliphatic heterocycles. The van der Waals surface area contributed by atoms with Gasteiger partial charge in [0, 0.05) is 25.0 Å². The molecule has 0 atom stereocenters. The van der Waals surface area contributed by atoms with Crippen LogP contribution >= 0.6 is 11.9 Å². The Morgan fingerprint density at radius 1 is 0.966 bits per heavy atom. The van der Waals surface area contributed by atoms with E-state index in [2.05, 4.69) is 52.4 Å². The molecule has 0 bridgehead atoms. The van der Waals surface area contributed by atoms with Crippen LogP contribution in [0.2, 0.25) is 0 Å². The molecule has 0 radical (unpaired) electrons. The molecular weight excluding hydrogens is 408 g/mol. The first-order valence-electron chi connectivity index (χ1n) is 9.14. The number of hydrogen-bond donors (Lipinski definition) is 4. The number of amides is 2. The third-order valence-corrected chi connectivity index (χ3v) is 6.00. The van der Waals surface area contributed by atoms with Gasteiger partial charge in [-0.25, -0.2) is 9.52 Å². The highest BCUT2D eigenvalue weighted by molar-refractivity contribution is 7.97. The van der Waals surface area contributed by atoms with Crippen molar-refractivity contribution in [1.82, 2.24) is 14.8 Å². The molecule has 9 heteroatoms. The molecule has 0 saturated carbocycles. The maximum Gasteiger partial charge on any atom is 0.325 e. The number of nitrogens with one attached hydrogen (secondary N) is 4. The number of benzene rings is 2. The molecule has 2 rings (SSSR count). The first-order valence-corrected chi connectivity index (χ1v) is 11.6. The van der Waals surface area contributed by atoms with Crippen molar-refractivity contribution in [3.8, 4) is 0 Å². The van der Waals surface area contributed by atoms with Gasteiger partial charge in [0.1, 0.15) is 0 Å². The summed E-state index contributed by atoms with van der Waals surface area (Å²) in [5.41, 5.74) is 3.83. The Kier molecular flexibility index (Phi) is 7.95. The van der Waals surface area contributed by atoms with Crippen LogP contribution in [-0.4, -0.2) is 21.5 Å². The van der Waals surface area contributed by atoms with Gasteiger partial charge in [0.2, 0.25) is 0 Å². The third kappa shape index (κ3) is 7.96.